The van der Waals surface area contributed by atoms with E-state index in [4.69, 9.17) is 15.9 Å². The van der Waals surface area contributed by atoms with Crippen LogP contribution in [0.4, 0.5) is 21.6 Å². The third-order valence-electron chi connectivity index (χ3n) is 6.03. The van der Waals surface area contributed by atoms with Crippen LogP contribution < -0.4 is 15.4 Å². The van der Waals surface area contributed by atoms with Gasteiger partial charge in [-0.2, -0.15) is 0 Å². The fourth-order valence-electron chi connectivity index (χ4n) is 4.01. The van der Waals surface area contributed by atoms with E-state index in [-0.39, 0.29) is 12.0 Å². The molecule has 1 saturated heterocycles. The third kappa shape index (κ3) is 6.82. The van der Waals surface area contributed by atoms with Gasteiger partial charge >= 0.3 is 0 Å². The van der Waals surface area contributed by atoms with E-state index >= 15 is 0 Å². The molecule has 2 aromatic carbocycles. The quantitative estimate of drug-likeness (QED) is 0.311. The van der Waals surface area contributed by atoms with Gasteiger partial charge < -0.3 is 25.0 Å². The number of nitrogens with one attached hydrogen (secondary N) is 2. The predicted octanol–water partition coefficient (Wildman–Crippen LogP) is 4.50. The van der Waals surface area contributed by atoms with Gasteiger partial charge in [-0.3, -0.25) is 4.79 Å². The second kappa shape index (κ2) is 12.3. The second-order valence-electron chi connectivity index (χ2n) is 8.57. The van der Waals surface area contributed by atoms with Crippen molar-refractivity contribution in [2.75, 3.05) is 43.5 Å². The number of anilines is 3. The highest BCUT2D eigenvalue weighted by Gasteiger charge is 2.21. The average Bonchev–Trinajstić information content (AvgIpc) is 3.40. The maximum Gasteiger partial charge on any atom is 0.248 e. The number of hydrogen-bond acceptors (Lipinski definition) is 7. The third-order valence-corrected chi connectivity index (χ3v) is 6.03. The Hall–Kier alpha value is -4.00. The molecule has 1 aliphatic rings. The summed E-state index contributed by atoms with van der Waals surface area (Å²) in [5, 5.41) is 6.66. The minimum atomic E-state index is -0.463. The van der Waals surface area contributed by atoms with Crippen molar-refractivity contribution < 1.29 is 18.7 Å². The number of likely N-dealkylation sites (N-methyl/N-ethyl adjacent to an activating group) is 1. The molecule has 8 nitrogen and oxygen atoms in total. The Balaban J connectivity index is 1.66. The van der Waals surface area contributed by atoms with Gasteiger partial charge in [0.05, 0.1) is 24.4 Å². The van der Waals surface area contributed by atoms with Crippen molar-refractivity contribution in [1.29, 1.82) is 0 Å². The van der Waals surface area contributed by atoms with Crippen LogP contribution in [-0.4, -0.2) is 59.7 Å². The lowest BCUT2D eigenvalue weighted by Gasteiger charge is -2.18. The normalized spacial score (nSPS) is 15.3. The molecule has 0 saturated carbocycles. The maximum atomic E-state index is 14.0. The van der Waals surface area contributed by atoms with E-state index < -0.39 is 5.82 Å². The first-order valence-corrected chi connectivity index (χ1v) is 12.3. The molecule has 2 N–H and O–H groups in total. The van der Waals surface area contributed by atoms with Crippen molar-refractivity contribution in [1.82, 2.24) is 14.9 Å². The van der Waals surface area contributed by atoms with Crippen LogP contribution in [0.3, 0.4) is 0 Å². The van der Waals surface area contributed by atoms with E-state index in [9.17, 15) is 9.18 Å². The Morgan fingerprint density at radius 3 is 2.84 bits per heavy atom. The summed E-state index contributed by atoms with van der Waals surface area (Å²) in [5.74, 6) is 2.61. The van der Waals surface area contributed by atoms with Gasteiger partial charge in [0.15, 0.2) is 0 Å². The minimum Gasteiger partial charge on any atom is -0.486 e. The SMILES string of the molecule is C#Cc1cc(F)cc(Nc2ncnc3cc(OC4CCOC4)c(NC(=O)/C=C/CN(CC)CC)cc23)c1. The minimum absolute atomic E-state index is 0.125. The molecule has 4 rings (SSSR count). The molecule has 1 fully saturated rings. The maximum absolute atomic E-state index is 14.0. The molecule has 9 heteroatoms. The molecule has 1 aromatic heterocycles. The van der Waals surface area contributed by atoms with E-state index in [1.807, 2.05) is 6.08 Å². The summed E-state index contributed by atoms with van der Waals surface area (Å²) in [7, 11) is 0. The summed E-state index contributed by atoms with van der Waals surface area (Å²) in [4.78, 5) is 23.7. The molecule has 1 aliphatic heterocycles. The molecule has 1 atom stereocenters. The van der Waals surface area contributed by atoms with Gasteiger partial charge in [-0.1, -0.05) is 25.8 Å². The number of ether oxygens (including phenoxy) is 2. The van der Waals surface area contributed by atoms with Gasteiger partial charge in [0, 0.05) is 41.7 Å². The van der Waals surface area contributed by atoms with E-state index in [0.717, 1.165) is 19.5 Å². The van der Waals surface area contributed by atoms with Crippen molar-refractivity contribution in [3.63, 3.8) is 0 Å². The highest BCUT2D eigenvalue weighted by molar-refractivity contribution is 6.03. The van der Waals surface area contributed by atoms with Crippen LogP contribution in [0.25, 0.3) is 10.9 Å². The lowest BCUT2D eigenvalue weighted by molar-refractivity contribution is -0.111. The number of terminal acetylenes is 1. The van der Waals surface area contributed by atoms with Crippen molar-refractivity contribution >= 4 is 34.0 Å². The summed E-state index contributed by atoms with van der Waals surface area (Å²) in [5.41, 5.74) is 1.91. The predicted molar refractivity (Wildman–Crippen MR) is 143 cm³/mol. The Morgan fingerprint density at radius 1 is 1.27 bits per heavy atom. The fraction of sp³-hybridized carbons (Fsp3) is 0.321. The van der Waals surface area contributed by atoms with Crippen LogP contribution in [0.1, 0.15) is 25.8 Å². The van der Waals surface area contributed by atoms with Crippen molar-refractivity contribution in [3.8, 4) is 18.1 Å². The van der Waals surface area contributed by atoms with Gasteiger partial charge in [0.25, 0.3) is 0 Å². The first kappa shape index (κ1) is 26.1. The van der Waals surface area contributed by atoms with Gasteiger partial charge in [-0.05, 0) is 37.4 Å². The smallest absolute Gasteiger partial charge is 0.248 e. The Morgan fingerprint density at radius 2 is 2.11 bits per heavy atom. The molecular weight excluding hydrogens is 473 g/mol. The number of fused-ring (bicyclic) bond motifs is 1. The molecule has 2 heterocycles. The molecule has 1 amide bonds. The summed E-state index contributed by atoms with van der Waals surface area (Å²) in [6.45, 7) is 7.73. The summed E-state index contributed by atoms with van der Waals surface area (Å²) < 4.78 is 25.6. The molecule has 0 bridgehead atoms. The zero-order chi connectivity index (χ0) is 26.2. The molecule has 1 unspecified atom stereocenters. The van der Waals surface area contributed by atoms with Crippen LogP contribution in [0.15, 0.2) is 48.8 Å². The number of halogens is 1. The van der Waals surface area contributed by atoms with Crippen LogP contribution in [0, 0.1) is 18.2 Å². The Bertz CT molecular complexity index is 1330. The molecule has 192 valence electrons. The monoisotopic (exact) mass is 503 g/mol. The molecule has 0 radical (unpaired) electrons. The van der Waals surface area contributed by atoms with Crippen molar-refractivity contribution in [2.24, 2.45) is 0 Å². The number of carbonyl (C=O) groups excluding carboxylic acids is 1. The first-order valence-electron chi connectivity index (χ1n) is 12.3. The van der Waals surface area contributed by atoms with Crippen molar-refractivity contribution in [2.45, 2.75) is 26.4 Å². The standard InChI is InChI=1S/C28H30FN5O3/c1-4-19-12-20(29)14-21(13-19)32-28-23-15-25(33-27(35)8-7-10-34(5-2)6-3)26(16-24(23)30-18-31-28)37-22-9-11-36-17-22/h1,7-8,12-16,18,22H,5-6,9-11,17H2,2-3H3,(H,33,35)(H,30,31,32)/b8-7+. The van der Waals surface area contributed by atoms with Gasteiger partial charge in [-0.15, -0.1) is 6.42 Å². The average molecular weight is 504 g/mol. The highest BCUT2D eigenvalue weighted by Crippen LogP contribution is 2.34. The first-order chi connectivity index (χ1) is 18.0. The Labute approximate surface area is 215 Å². The van der Waals surface area contributed by atoms with Crippen LogP contribution in [-0.2, 0) is 9.53 Å². The Kier molecular flexibility index (Phi) is 8.67. The summed E-state index contributed by atoms with van der Waals surface area (Å²) >= 11 is 0. The van der Waals surface area contributed by atoms with Crippen LogP contribution in [0.2, 0.25) is 0 Å². The van der Waals surface area contributed by atoms with Gasteiger partial charge in [-0.25, -0.2) is 14.4 Å². The number of rotatable bonds is 10. The number of amides is 1. The molecule has 3 aromatic rings. The number of benzene rings is 2. The van der Waals surface area contributed by atoms with E-state index in [2.05, 4.69) is 45.3 Å². The number of carbonyl (C=O) groups is 1. The lowest BCUT2D eigenvalue weighted by Crippen LogP contribution is -2.23. The van der Waals surface area contributed by atoms with Gasteiger partial charge in [0.2, 0.25) is 5.91 Å². The van der Waals surface area contributed by atoms with Crippen LogP contribution in [0.5, 0.6) is 5.75 Å². The lowest BCUT2D eigenvalue weighted by atomic mass is 10.1. The molecular formula is C28H30FN5O3. The molecule has 0 spiro atoms. The van der Waals surface area contributed by atoms with E-state index in [1.54, 1.807) is 18.2 Å². The zero-order valence-electron chi connectivity index (χ0n) is 21.0. The van der Waals surface area contributed by atoms with E-state index in [0.29, 0.717) is 59.2 Å². The number of hydrogen-bond donors (Lipinski definition) is 2. The van der Waals surface area contributed by atoms with Crippen molar-refractivity contribution in [3.05, 3.63) is 60.2 Å². The topological polar surface area (TPSA) is 88.6 Å². The van der Waals surface area contributed by atoms with Gasteiger partial charge in [0.1, 0.15) is 29.8 Å². The largest absolute Gasteiger partial charge is 0.486 e. The number of aromatic nitrogens is 2. The number of nitrogens with zero attached hydrogens (tertiary/aromatic N) is 3. The van der Waals surface area contributed by atoms with Crippen LogP contribution >= 0.6 is 0 Å². The molecule has 0 aliphatic carbocycles. The molecule has 37 heavy (non-hydrogen) atoms. The highest BCUT2D eigenvalue weighted by atomic mass is 19.1. The summed E-state index contributed by atoms with van der Waals surface area (Å²) in [6, 6.07) is 7.77. The van der Waals surface area contributed by atoms with E-state index in [1.165, 1.54) is 24.5 Å². The summed E-state index contributed by atoms with van der Waals surface area (Å²) in [6.07, 6.45) is 10.8. The second-order valence-corrected chi connectivity index (χ2v) is 8.57. The zero-order valence-corrected chi connectivity index (χ0v) is 21.0. The fourth-order valence-corrected chi connectivity index (χ4v) is 4.01.